The first-order chi connectivity index (χ1) is 8.11. The molecule has 0 saturated heterocycles. The molecule has 0 radical (unpaired) electrons. The van der Waals surface area contributed by atoms with E-state index in [2.05, 4.69) is 0 Å². The Hall–Kier alpha value is -0.260. The van der Waals surface area contributed by atoms with Crippen LogP contribution in [-0.4, -0.2) is 62.9 Å². The first-order valence-electron chi connectivity index (χ1n) is 5.09. The molecule has 0 aliphatic heterocycles. The molecule has 0 heterocycles. The van der Waals surface area contributed by atoms with Crippen LogP contribution in [0.1, 0.15) is 12.8 Å². The fourth-order valence-electron chi connectivity index (χ4n) is 2.19. The molecule has 2 N–H and O–H groups in total. The molecule has 1 fully saturated rings. The van der Waals surface area contributed by atoms with Gasteiger partial charge in [-0.2, -0.15) is 16.8 Å². The third kappa shape index (κ3) is 3.39. The first kappa shape index (κ1) is 15.8. The van der Waals surface area contributed by atoms with E-state index >= 15 is 0 Å². The van der Waals surface area contributed by atoms with E-state index in [4.69, 9.17) is 18.6 Å². The highest BCUT2D eigenvalue weighted by atomic mass is 32.2. The van der Waals surface area contributed by atoms with E-state index in [1.165, 1.54) is 14.2 Å². The summed E-state index contributed by atoms with van der Waals surface area (Å²) >= 11 is 0. The number of rotatable bonds is 4. The van der Waals surface area contributed by atoms with Crippen LogP contribution >= 0.6 is 0 Å². The van der Waals surface area contributed by atoms with Crippen LogP contribution < -0.4 is 0 Å². The maximum absolute atomic E-state index is 11.2. The Morgan fingerprint density at radius 1 is 0.944 bits per heavy atom. The summed E-state index contributed by atoms with van der Waals surface area (Å²) in [5, 5.41) is -2.76. The van der Waals surface area contributed by atoms with E-state index in [0.717, 1.165) is 0 Å². The maximum atomic E-state index is 11.2. The SMILES string of the molecule is COC1CC(S(=O)(=O)O)CC(S(=O)(=O)O)C1OC. The highest BCUT2D eigenvalue weighted by molar-refractivity contribution is 7.87. The Balaban J connectivity index is 3.13. The van der Waals surface area contributed by atoms with Gasteiger partial charge in [-0.25, -0.2) is 0 Å². The van der Waals surface area contributed by atoms with Crippen LogP contribution in [0.15, 0.2) is 0 Å². The summed E-state index contributed by atoms with van der Waals surface area (Å²) in [7, 11) is -6.40. The molecule has 18 heavy (non-hydrogen) atoms. The van der Waals surface area contributed by atoms with Crippen molar-refractivity contribution in [3.05, 3.63) is 0 Å². The molecule has 4 unspecified atom stereocenters. The van der Waals surface area contributed by atoms with Gasteiger partial charge in [-0.1, -0.05) is 0 Å². The second kappa shape index (κ2) is 5.39. The quantitative estimate of drug-likeness (QED) is 0.654. The molecule has 0 bridgehead atoms. The third-order valence-corrected chi connectivity index (χ3v) is 5.56. The zero-order chi connectivity index (χ0) is 14.1. The van der Waals surface area contributed by atoms with Gasteiger partial charge in [0.1, 0.15) is 11.4 Å². The number of ether oxygens (including phenoxy) is 2. The van der Waals surface area contributed by atoms with Gasteiger partial charge < -0.3 is 9.47 Å². The predicted molar refractivity (Wildman–Crippen MR) is 61.5 cm³/mol. The molecule has 10 heteroatoms. The van der Waals surface area contributed by atoms with Crippen molar-refractivity contribution in [2.45, 2.75) is 35.5 Å². The van der Waals surface area contributed by atoms with Gasteiger partial charge in [0.2, 0.25) is 0 Å². The van der Waals surface area contributed by atoms with Crippen LogP contribution in [0.2, 0.25) is 0 Å². The summed E-state index contributed by atoms with van der Waals surface area (Å²) in [6.07, 6.45) is -2.36. The summed E-state index contributed by atoms with van der Waals surface area (Å²) in [6.45, 7) is 0. The molecule has 0 aromatic carbocycles. The molecule has 0 aromatic rings. The van der Waals surface area contributed by atoms with E-state index < -0.39 is 49.4 Å². The van der Waals surface area contributed by atoms with Crippen LogP contribution in [-0.2, 0) is 29.7 Å². The van der Waals surface area contributed by atoms with Crippen molar-refractivity contribution in [1.29, 1.82) is 0 Å². The predicted octanol–water partition coefficient (Wildman–Crippen LogP) is -0.677. The molecule has 1 aliphatic rings. The maximum Gasteiger partial charge on any atom is 0.270 e. The Morgan fingerprint density at radius 2 is 1.50 bits per heavy atom. The molecule has 4 atom stereocenters. The zero-order valence-electron chi connectivity index (χ0n) is 9.88. The van der Waals surface area contributed by atoms with Gasteiger partial charge >= 0.3 is 0 Å². The Kier molecular flexibility index (Phi) is 4.73. The van der Waals surface area contributed by atoms with Crippen molar-refractivity contribution >= 4 is 20.2 Å². The molecule has 1 aliphatic carbocycles. The molecule has 0 amide bonds. The smallest absolute Gasteiger partial charge is 0.270 e. The molecule has 0 aromatic heterocycles. The van der Waals surface area contributed by atoms with Crippen LogP contribution in [0.4, 0.5) is 0 Å². The van der Waals surface area contributed by atoms with Crippen molar-refractivity contribution in [2.75, 3.05) is 14.2 Å². The summed E-state index contributed by atoms with van der Waals surface area (Å²) in [5.74, 6) is 0. The Labute approximate surface area is 106 Å². The van der Waals surface area contributed by atoms with Crippen LogP contribution in [0.25, 0.3) is 0 Å². The minimum Gasteiger partial charge on any atom is -0.379 e. The fourth-order valence-corrected chi connectivity index (χ4v) is 4.30. The van der Waals surface area contributed by atoms with Crippen molar-refractivity contribution in [2.24, 2.45) is 0 Å². The lowest BCUT2D eigenvalue weighted by atomic mass is 9.93. The zero-order valence-corrected chi connectivity index (χ0v) is 11.5. The van der Waals surface area contributed by atoms with E-state index in [1.54, 1.807) is 0 Å². The van der Waals surface area contributed by atoms with Crippen molar-refractivity contribution in [1.82, 2.24) is 0 Å². The van der Waals surface area contributed by atoms with E-state index in [9.17, 15) is 16.8 Å². The molecule has 1 rings (SSSR count). The molecule has 1 saturated carbocycles. The second-order valence-corrected chi connectivity index (χ2v) is 7.47. The van der Waals surface area contributed by atoms with Crippen molar-refractivity contribution in [3.8, 4) is 0 Å². The second-order valence-electron chi connectivity index (χ2n) is 4.14. The average molecular weight is 304 g/mol. The largest absolute Gasteiger partial charge is 0.379 e. The van der Waals surface area contributed by atoms with Gasteiger partial charge in [-0.15, -0.1) is 0 Å². The Morgan fingerprint density at radius 3 is 1.83 bits per heavy atom. The van der Waals surface area contributed by atoms with Crippen molar-refractivity contribution < 1.29 is 35.4 Å². The van der Waals surface area contributed by atoms with E-state index in [1.807, 2.05) is 0 Å². The summed E-state index contributed by atoms with van der Waals surface area (Å²) < 4.78 is 72.7. The van der Waals surface area contributed by atoms with Crippen LogP contribution in [0.5, 0.6) is 0 Å². The highest BCUT2D eigenvalue weighted by Gasteiger charge is 2.47. The molecule has 108 valence electrons. The summed E-state index contributed by atoms with van der Waals surface area (Å²) in [5.41, 5.74) is 0. The lowest BCUT2D eigenvalue weighted by Gasteiger charge is -2.37. The fraction of sp³-hybridized carbons (Fsp3) is 1.00. The van der Waals surface area contributed by atoms with Gasteiger partial charge in [0.15, 0.2) is 0 Å². The standard InChI is InChI=1S/C8H16O8S2/c1-15-6-3-5(17(9,10)11)4-7(8(6)16-2)18(12,13)14/h5-8H,3-4H2,1-2H3,(H,9,10,11)(H,12,13,14). The summed E-state index contributed by atoms with van der Waals surface area (Å²) in [4.78, 5) is 0. The monoisotopic (exact) mass is 304 g/mol. The molecule has 0 spiro atoms. The summed E-state index contributed by atoms with van der Waals surface area (Å²) in [6, 6.07) is 0. The topological polar surface area (TPSA) is 127 Å². The molecular weight excluding hydrogens is 288 g/mol. The lowest BCUT2D eigenvalue weighted by molar-refractivity contribution is -0.0558. The number of hydrogen-bond donors (Lipinski definition) is 2. The average Bonchev–Trinajstić information content (AvgIpc) is 2.24. The molecular formula is C8H16O8S2. The van der Waals surface area contributed by atoms with E-state index in [0.29, 0.717) is 0 Å². The van der Waals surface area contributed by atoms with Crippen molar-refractivity contribution in [3.63, 3.8) is 0 Å². The minimum atomic E-state index is -4.50. The number of methoxy groups -OCH3 is 2. The highest BCUT2D eigenvalue weighted by Crippen LogP contribution is 2.31. The third-order valence-electron chi connectivity index (χ3n) is 3.10. The minimum absolute atomic E-state index is 0.0974. The first-order valence-corrected chi connectivity index (χ1v) is 8.10. The van der Waals surface area contributed by atoms with Gasteiger partial charge in [-0.05, 0) is 12.8 Å². The van der Waals surface area contributed by atoms with Crippen LogP contribution in [0.3, 0.4) is 0 Å². The number of hydrogen-bond acceptors (Lipinski definition) is 6. The Bertz CT molecular complexity index is 481. The molecule has 8 nitrogen and oxygen atoms in total. The van der Waals surface area contributed by atoms with Gasteiger partial charge in [-0.3, -0.25) is 9.11 Å². The normalized spacial score (nSPS) is 34.4. The van der Waals surface area contributed by atoms with Gasteiger partial charge in [0.25, 0.3) is 20.2 Å². The van der Waals surface area contributed by atoms with Gasteiger partial charge in [0, 0.05) is 14.2 Å². The van der Waals surface area contributed by atoms with Crippen LogP contribution in [0, 0.1) is 0 Å². The lowest BCUT2D eigenvalue weighted by Crippen LogP contribution is -2.52. The van der Waals surface area contributed by atoms with E-state index in [-0.39, 0.29) is 6.42 Å². The van der Waals surface area contributed by atoms with Gasteiger partial charge in [0.05, 0.1) is 11.4 Å².